The van der Waals surface area contributed by atoms with Crippen LogP contribution in [0.25, 0.3) is 10.9 Å². The average Bonchev–Trinajstić information content (AvgIpc) is 2.12. The highest BCUT2D eigenvalue weighted by molar-refractivity contribution is 7.71. The van der Waals surface area contributed by atoms with Crippen LogP contribution in [0.1, 0.15) is 5.56 Å². The van der Waals surface area contributed by atoms with Gasteiger partial charge in [-0.15, -0.1) is 0 Å². The minimum Gasteiger partial charge on any atom is -0.335 e. The zero-order valence-electron chi connectivity index (χ0n) is 7.74. The average molecular weight is 189 g/mol. The maximum absolute atomic E-state index is 5.18. The number of benzene rings is 1. The molecule has 0 saturated carbocycles. The summed E-state index contributed by atoms with van der Waals surface area (Å²) >= 11 is 5.18. The quantitative estimate of drug-likeness (QED) is 0.576. The van der Waals surface area contributed by atoms with Crippen molar-refractivity contribution in [3.63, 3.8) is 0 Å². The van der Waals surface area contributed by atoms with Crippen LogP contribution in [0.5, 0.6) is 0 Å². The number of aryl methyl sites for hydroxylation is 2. The lowest BCUT2D eigenvalue weighted by Crippen LogP contribution is -1.93. The lowest BCUT2D eigenvalue weighted by atomic mass is 10.1. The van der Waals surface area contributed by atoms with Gasteiger partial charge in [0.2, 0.25) is 0 Å². The fourth-order valence-corrected chi connectivity index (χ4v) is 1.67. The lowest BCUT2D eigenvalue weighted by molar-refractivity contribution is 0.935. The first-order chi connectivity index (χ1) is 6.18. The van der Waals surface area contributed by atoms with Gasteiger partial charge in [-0.05, 0) is 36.6 Å². The van der Waals surface area contributed by atoms with Gasteiger partial charge < -0.3 is 4.57 Å². The van der Waals surface area contributed by atoms with Crippen molar-refractivity contribution in [3.8, 4) is 0 Å². The third kappa shape index (κ3) is 1.38. The fourth-order valence-electron chi connectivity index (χ4n) is 1.50. The molecule has 1 aromatic heterocycles. The highest BCUT2D eigenvalue weighted by atomic mass is 32.1. The molecule has 66 valence electrons. The second-order valence-corrected chi connectivity index (χ2v) is 3.71. The van der Waals surface area contributed by atoms with Crippen LogP contribution >= 0.6 is 12.2 Å². The largest absolute Gasteiger partial charge is 0.335 e. The predicted octanol–water partition coefficient (Wildman–Crippen LogP) is 3.22. The Hall–Kier alpha value is -1.15. The summed E-state index contributed by atoms with van der Waals surface area (Å²) in [7, 11) is 2.00. The molecule has 0 radical (unpaired) electrons. The molecule has 2 rings (SSSR count). The van der Waals surface area contributed by atoms with E-state index in [2.05, 4.69) is 31.2 Å². The van der Waals surface area contributed by atoms with Crippen LogP contribution in [0.2, 0.25) is 0 Å². The number of pyridine rings is 1. The molecule has 0 atom stereocenters. The molecular formula is C11H11NS. The summed E-state index contributed by atoms with van der Waals surface area (Å²) < 4.78 is 2.90. The third-order valence-corrected chi connectivity index (χ3v) is 2.69. The second kappa shape index (κ2) is 2.96. The fraction of sp³-hybridized carbons (Fsp3) is 0.182. The van der Waals surface area contributed by atoms with E-state index in [1.54, 1.807) is 0 Å². The van der Waals surface area contributed by atoms with Crippen LogP contribution in [0.3, 0.4) is 0 Å². The van der Waals surface area contributed by atoms with Crippen LogP contribution in [0.4, 0.5) is 0 Å². The van der Waals surface area contributed by atoms with Crippen molar-refractivity contribution in [2.24, 2.45) is 7.05 Å². The van der Waals surface area contributed by atoms with Crippen molar-refractivity contribution >= 4 is 23.1 Å². The summed E-state index contributed by atoms with van der Waals surface area (Å²) in [4.78, 5) is 0. The topological polar surface area (TPSA) is 4.93 Å². The van der Waals surface area contributed by atoms with Gasteiger partial charge in [-0.3, -0.25) is 0 Å². The summed E-state index contributed by atoms with van der Waals surface area (Å²) in [6.45, 7) is 2.10. The van der Waals surface area contributed by atoms with E-state index in [1.165, 1.54) is 16.5 Å². The van der Waals surface area contributed by atoms with E-state index in [9.17, 15) is 0 Å². The molecule has 1 heterocycles. The first-order valence-corrected chi connectivity index (χ1v) is 4.66. The number of fused-ring (bicyclic) bond motifs is 1. The Kier molecular flexibility index (Phi) is 1.93. The number of hydrogen-bond acceptors (Lipinski definition) is 1. The molecule has 13 heavy (non-hydrogen) atoms. The van der Waals surface area contributed by atoms with E-state index in [1.807, 2.05) is 17.7 Å². The Labute approximate surface area is 82.6 Å². The number of nitrogens with zero attached hydrogens (tertiary/aromatic N) is 1. The molecule has 0 aliphatic heterocycles. The minimum atomic E-state index is 0.872. The SMILES string of the molecule is Cc1ccc2c(ccc(=S)n2C)c1. The van der Waals surface area contributed by atoms with Crippen LogP contribution in [-0.4, -0.2) is 4.57 Å². The summed E-state index contributed by atoms with van der Waals surface area (Å²) in [5.41, 5.74) is 2.47. The van der Waals surface area contributed by atoms with Crippen molar-refractivity contribution in [2.75, 3.05) is 0 Å². The Morgan fingerprint density at radius 2 is 1.92 bits per heavy atom. The number of aromatic nitrogens is 1. The van der Waals surface area contributed by atoms with Gasteiger partial charge in [0.25, 0.3) is 0 Å². The van der Waals surface area contributed by atoms with Gasteiger partial charge in [0.15, 0.2) is 0 Å². The monoisotopic (exact) mass is 189 g/mol. The van der Waals surface area contributed by atoms with Crippen molar-refractivity contribution in [3.05, 3.63) is 40.5 Å². The van der Waals surface area contributed by atoms with Crippen LogP contribution in [0, 0.1) is 11.6 Å². The first kappa shape index (κ1) is 8.45. The molecule has 1 nitrogen and oxygen atoms in total. The number of rotatable bonds is 0. The minimum absolute atomic E-state index is 0.872. The predicted molar refractivity (Wildman–Crippen MR) is 58.5 cm³/mol. The summed E-state index contributed by atoms with van der Waals surface area (Å²) in [5.74, 6) is 0. The maximum Gasteiger partial charge on any atom is 0.106 e. The van der Waals surface area contributed by atoms with Gasteiger partial charge in [-0.25, -0.2) is 0 Å². The Balaban J connectivity index is 2.95. The second-order valence-electron chi connectivity index (χ2n) is 3.29. The normalized spacial score (nSPS) is 10.6. The van der Waals surface area contributed by atoms with Gasteiger partial charge >= 0.3 is 0 Å². The standard InChI is InChI=1S/C11H11NS/c1-8-3-5-10-9(7-8)4-6-11(13)12(10)2/h3-7H,1-2H3. The van der Waals surface area contributed by atoms with Gasteiger partial charge in [-0.2, -0.15) is 0 Å². The molecule has 0 saturated heterocycles. The van der Waals surface area contributed by atoms with Gasteiger partial charge in [-0.1, -0.05) is 23.8 Å². The van der Waals surface area contributed by atoms with Crippen molar-refractivity contribution in [1.82, 2.24) is 4.57 Å². The first-order valence-electron chi connectivity index (χ1n) is 4.25. The molecule has 0 spiro atoms. The van der Waals surface area contributed by atoms with Crippen molar-refractivity contribution < 1.29 is 0 Å². The van der Waals surface area contributed by atoms with Crippen LogP contribution < -0.4 is 0 Å². The summed E-state index contributed by atoms with van der Waals surface area (Å²) in [6.07, 6.45) is 0. The molecular weight excluding hydrogens is 178 g/mol. The molecule has 0 aliphatic carbocycles. The third-order valence-electron chi connectivity index (χ3n) is 2.28. The molecule has 0 unspecified atom stereocenters. The van der Waals surface area contributed by atoms with Crippen molar-refractivity contribution in [2.45, 2.75) is 6.92 Å². The Morgan fingerprint density at radius 1 is 1.15 bits per heavy atom. The molecule has 0 fully saturated rings. The molecule has 2 aromatic rings. The lowest BCUT2D eigenvalue weighted by Gasteiger charge is -2.05. The molecule has 1 aromatic carbocycles. The van der Waals surface area contributed by atoms with E-state index >= 15 is 0 Å². The molecule has 0 bridgehead atoms. The zero-order valence-corrected chi connectivity index (χ0v) is 8.56. The van der Waals surface area contributed by atoms with E-state index < -0.39 is 0 Å². The van der Waals surface area contributed by atoms with E-state index in [4.69, 9.17) is 12.2 Å². The zero-order chi connectivity index (χ0) is 9.42. The molecule has 0 aliphatic rings. The van der Waals surface area contributed by atoms with Gasteiger partial charge in [0.1, 0.15) is 4.64 Å². The van der Waals surface area contributed by atoms with E-state index in [0.717, 1.165) is 4.64 Å². The van der Waals surface area contributed by atoms with Gasteiger partial charge in [0, 0.05) is 12.6 Å². The molecule has 0 N–H and O–H groups in total. The van der Waals surface area contributed by atoms with Crippen LogP contribution in [0.15, 0.2) is 30.3 Å². The van der Waals surface area contributed by atoms with E-state index in [0.29, 0.717) is 0 Å². The smallest absolute Gasteiger partial charge is 0.106 e. The van der Waals surface area contributed by atoms with Crippen molar-refractivity contribution in [1.29, 1.82) is 0 Å². The van der Waals surface area contributed by atoms with Crippen LogP contribution in [-0.2, 0) is 7.05 Å². The highest BCUT2D eigenvalue weighted by Crippen LogP contribution is 2.15. The Bertz CT molecular complexity index is 511. The maximum atomic E-state index is 5.18. The summed E-state index contributed by atoms with van der Waals surface area (Å²) in [5, 5.41) is 1.25. The summed E-state index contributed by atoms with van der Waals surface area (Å²) in [6, 6.07) is 10.4. The molecule has 2 heteroatoms. The van der Waals surface area contributed by atoms with Gasteiger partial charge in [0.05, 0.1) is 0 Å². The van der Waals surface area contributed by atoms with E-state index in [-0.39, 0.29) is 0 Å². The number of hydrogen-bond donors (Lipinski definition) is 0. The highest BCUT2D eigenvalue weighted by Gasteiger charge is 1.96. The molecule has 0 amide bonds. The Morgan fingerprint density at radius 3 is 2.69 bits per heavy atom.